The van der Waals surface area contributed by atoms with Crippen molar-refractivity contribution in [3.63, 3.8) is 0 Å². The number of aromatic nitrogens is 2. The number of imidazole rings is 1. The molecular weight excluding hydrogens is 430 g/mol. The molecule has 2 aromatic rings. The van der Waals surface area contributed by atoms with Crippen molar-refractivity contribution in [1.29, 1.82) is 0 Å². The molecule has 0 radical (unpaired) electrons. The van der Waals surface area contributed by atoms with Gasteiger partial charge in [-0.2, -0.15) is 14.5 Å². The van der Waals surface area contributed by atoms with Crippen LogP contribution in [-0.2, 0) is 16.6 Å². The number of unbranched alkanes of at least 4 members (excludes halogenated alkanes) is 1. The average molecular weight is 462 g/mol. The first-order chi connectivity index (χ1) is 14.9. The number of hydrogen-bond donors (Lipinski definition) is 0. The molecule has 1 aromatic heterocycles. The Morgan fingerprint density at radius 1 is 1.19 bits per heavy atom. The van der Waals surface area contributed by atoms with Gasteiger partial charge in [0.1, 0.15) is 0 Å². The Kier molecular flexibility index (Phi) is 7.78. The van der Waals surface area contributed by atoms with Crippen LogP contribution < -0.4 is 0 Å². The number of nitrogens with zero attached hydrogens (tertiary/aromatic N) is 5. The summed E-state index contributed by atoms with van der Waals surface area (Å²) in [7, 11) is -3.51. The van der Waals surface area contributed by atoms with E-state index in [9.17, 15) is 8.42 Å². The van der Waals surface area contributed by atoms with E-state index in [-0.39, 0.29) is 5.66 Å². The first kappa shape index (κ1) is 23.8. The second-order valence-corrected chi connectivity index (χ2v) is 10.6. The van der Waals surface area contributed by atoms with Crippen LogP contribution in [0.5, 0.6) is 0 Å². The smallest absolute Gasteiger partial charge is 0.243 e. The molecular formula is C22H31N5O2S2. The lowest BCUT2D eigenvalue weighted by Gasteiger charge is -2.18. The zero-order valence-corrected chi connectivity index (χ0v) is 20.2. The molecule has 0 fully saturated rings. The lowest BCUT2D eigenvalue weighted by Crippen LogP contribution is -2.30. The summed E-state index contributed by atoms with van der Waals surface area (Å²) in [6, 6.07) is 5.29. The second kappa shape index (κ2) is 10.2. The highest BCUT2D eigenvalue weighted by Gasteiger charge is 2.38. The molecule has 0 saturated heterocycles. The van der Waals surface area contributed by atoms with Gasteiger partial charge in [-0.15, -0.1) is 12.3 Å². The standard InChI is InChI=1S/C22H31N5O2S2/c1-5-9-13-22(24-25-22)14-16-30-21-23-19-17-18(31(28,29)26(7-3)8-4)11-12-20(19)27(21)15-10-6-2/h1,11-12,17H,6-10,13-16H2,2-4H3. The lowest BCUT2D eigenvalue weighted by molar-refractivity contribution is 0.445. The molecule has 0 aliphatic carbocycles. The first-order valence-corrected chi connectivity index (χ1v) is 13.3. The Labute approximate surface area is 189 Å². The van der Waals surface area contributed by atoms with Crippen molar-refractivity contribution in [3.8, 4) is 12.3 Å². The summed E-state index contributed by atoms with van der Waals surface area (Å²) in [5.41, 5.74) is 1.39. The zero-order chi connectivity index (χ0) is 22.5. The average Bonchev–Trinajstić information content (AvgIpc) is 3.44. The fraction of sp³-hybridized carbons (Fsp3) is 0.591. The predicted molar refractivity (Wildman–Crippen MR) is 126 cm³/mol. The number of fused-ring (bicyclic) bond motifs is 1. The van der Waals surface area contributed by atoms with Gasteiger partial charge in [-0.1, -0.05) is 39.0 Å². The van der Waals surface area contributed by atoms with Gasteiger partial charge in [0.15, 0.2) is 10.8 Å². The maximum absolute atomic E-state index is 12.9. The van der Waals surface area contributed by atoms with Crippen molar-refractivity contribution < 1.29 is 8.42 Å². The van der Waals surface area contributed by atoms with E-state index in [1.807, 2.05) is 19.9 Å². The van der Waals surface area contributed by atoms with Crippen LogP contribution in [0.1, 0.15) is 52.9 Å². The SMILES string of the molecule is C#CCCC1(CCSc2nc3cc(S(=O)(=O)N(CC)CC)ccc3n2CCCC)N=N1. The quantitative estimate of drug-likeness (QED) is 0.313. The molecule has 1 aliphatic rings. The van der Waals surface area contributed by atoms with E-state index in [1.165, 1.54) is 4.31 Å². The minimum atomic E-state index is -3.51. The number of thioether (sulfide) groups is 1. The Balaban J connectivity index is 1.84. The third-order valence-corrected chi connectivity index (χ3v) is 8.57. The predicted octanol–water partition coefficient (Wildman–Crippen LogP) is 4.92. The minimum absolute atomic E-state index is 0.296. The van der Waals surface area contributed by atoms with Gasteiger partial charge in [-0.3, -0.25) is 0 Å². The summed E-state index contributed by atoms with van der Waals surface area (Å²) in [4.78, 5) is 5.10. The van der Waals surface area contributed by atoms with Crippen molar-refractivity contribution in [2.75, 3.05) is 18.8 Å². The summed E-state index contributed by atoms with van der Waals surface area (Å²) >= 11 is 1.67. The third kappa shape index (κ3) is 5.30. The van der Waals surface area contributed by atoms with Crippen molar-refractivity contribution >= 4 is 32.8 Å². The number of aryl methyl sites for hydroxylation is 1. The monoisotopic (exact) mass is 461 g/mol. The molecule has 9 heteroatoms. The van der Waals surface area contributed by atoms with Crippen molar-refractivity contribution in [2.24, 2.45) is 10.2 Å². The molecule has 0 spiro atoms. The zero-order valence-electron chi connectivity index (χ0n) is 18.5. The Morgan fingerprint density at radius 3 is 2.55 bits per heavy atom. The normalized spacial score (nSPS) is 14.9. The number of sulfonamides is 1. The number of terminal acetylenes is 1. The topological polar surface area (TPSA) is 79.9 Å². The van der Waals surface area contributed by atoms with E-state index in [0.29, 0.717) is 24.4 Å². The highest BCUT2D eigenvalue weighted by Crippen LogP contribution is 2.38. The molecule has 3 rings (SSSR count). The van der Waals surface area contributed by atoms with Gasteiger partial charge in [0, 0.05) is 44.6 Å². The van der Waals surface area contributed by atoms with Crippen LogP contribution in [0.2, 0.25) is 0 Å². The van der Waals surface area contributed by atoms with Crippen LogP contribution in [0.25, 0.3) is 11.0 Å². The van der Waals surface area contributed by atoms with Crippen LogP contribution in [0.4, 0.5) is 0 Å². The molecule has 31 heavy (non-hydrogen) atoms. The summed E-state index contributed by atoms with van der Waals surface area (Å²) in [5.74, 6) is 3.49. The minimum Gasteiger partial charge on any atom is -0.319 e. The van der Waals surface area contributed by atoms with Crippen molar-refractivity contribution in [3.05, 3.63) is 18.2 Å². The molecule has 0 atom stereocenters. The Morgan fingerprint density at radius 2 is 1.94 bits per heavy atom. The van der Waals surface area contributed by atoms with Gasteiger partial charge >= 0.3 is 0 Å². The van der Waals surface area contributed by atoms with Gasteiger partial charge < -0.3 is 4.57 Å². The number of hydrogen-bond acceptors (Lipinski definition) is 6. The van der Waals surface area contributed by atoms with E-state index in [4.69, 9.17) is 11.4 Å². The molecule has 2 heterocycles. The Bertz CT molecular complexity index is 1080. The third-order valence-electron chi connectivity index (χ3n) is 5.55. The molecule has 0 N–H and O–H groups in total. The lowest BCUT2D eigenvalue weighted by atomic mass is 10.1. The van der Waals surface area contributed by atoms with E-state index in [1.54, 1.807) is 23.9 Å². The summed E-state index contributed by atoms with van der Waals surface area (Å²) < 4.78 is 29.5. The van der Waals surface area contributed by atoms with Gasteiger partial charge in [-0.25, -0.2) is 13.4 Å². The second-order valence-electron chi connectivity index (χ2n) is 7.62. The van der Waals surface area contributed by atoms with Crippen molar-refractivity contribution in [2.45, 2.75) is 75.1 Å². The van der Waals surface area contributed by atoms with Gasteiger partial charge in [0.2, 0.25) is 10.0 Å². The van der Waals surface area contributed by atoms with E-state index in [2.05, 4.69) is 27.6 Å². The fourth-order valence-corrected chi connectivity index (χ4v) is 6.18. The molecule has 0 amide bonds. The maximum Gasteiger partial charge on any atom is 0.243 e. The summed E-state index contributed by atoms with van der Waals surface area (Å²) in [6.07, 6.45) is 9.79. The molecule has 1 aromatic carbocycles. The highest BCUT2D eigenvalue weighted by atomic mass is 32.2. The molecule has 0 unspecified atom stereocenters. The summed E-state index contributed by atoms with van der Waals surface area (Å²) in [6.45, 7) is 7.60. The molecule has 7 nitrogen and oxygen atoms in total. The molecule has 0 bridgehead atoms. The van der Waals surface area contributed by atoms with Gasteiger partial charge in [0.25, 0.3) is 0 Å². The van der Waals surface area contributed by atoms with Crippen LogP contribution in [-0.4, -0.2) is 46.8 Å². The van der Waals surface area contributed by atoms with E-state index >= 15 is 0 Å². The van der Waals surface area contributed by atoms with Crippen LogP contribution in [0.15, 0.2) is 38.5 Å². The molecule has 1 aliphatic heterocycles. The largest absolute Gasteiger partial charge is 0.319 e. The highest BCUT2D eigenvalue weighted by molar-refractivity contribution is 7.99. The fourth-order valence-electron chi connectivity index (χ4n) is 3.58. The summed E-state index contributed by atoms with van der Waals surface area (Å²) in [5, 5.41) is 9.32. The maximum atomic E-state index is 12.9. The molecule has 0 saturated carbocycles. The Hall–Kier alpha value is -1.89. The van der Waals surface area contributed by atoms with E-state index in [0.717, 1.165) is 54.2 Å². The van der Waals surface area contributed by atoms with E-state index < -0.39 is 10.0 Å². The van der Waals surface area contributed by atoms with Crippen LogP contribution >= 0.6 is 11.8 Å². The van der Waals surface area contributed by atoms with Gasteiger partial charge in [-0.05, 0) is 24.6 Å². The molecule has 168 valence electrons. The van der Waals surface area contributed by atoms with Crippen molar-refractivity contribution in [1.82, 2.24) is 13.9 Å². The van der Waals surface area contributed by atoms with Gasteiger partial charge in [0.05, 0.1) is 15.9 Å². The van der Waals surface area contributed by atoms with Crippen LogP contribution in [0, 0.1) is 12.3 Å². The number of benzene rings is 1. The first-order valence-electron chi connectivity index (χ1n) is 10.9. The number of rotatable bonds is 13. The van der Waals surface area contributed by atoms with Crippen LogP contribution in [0.3, 0.4) is 0 Å².